The van der Waals surface area contributed by atoms with Crippen LogP contribution in [0.1, 0.15) is 45.1 Å². The van der Waals surface area contributed by atoms with Gasteiger partial charge in [0, 0.05) is 18.8 Å². The van der Waals surface area contributed by atoms with Gasteiger partial charge in [0.25, 0.3) is 0 Å². The van der Waals surface area contributed by atoms with Crippen LogP contribution in [0.4, 0.5) is 5.82 Å². The van der Waals surface area contributed by atoms with Crippen molar-refractivity contribution in [2.45, 2.75) is 45.6 Å². The summed E-state index contributed by atoms with van der Waals surface area (Å²) in [5.74, 6) is 1.71. The van der Waals surface area contributed by atoms with E-state index in [0.717, 1.165) is 12.4 Å². The lowest BCUT2D eigenvalue weighted by molar-refractivity contribution is 0.726. The lowest BCUT2D eigenvalue weighted by atomic mass is 10.1. The molecular weight excluding hydrogens is 184 g/mol. The highest BCUT2D eigenvalue weighted by Crippen LogP contribution is 2.24. The lowest BCUT2D eigenvalue weighted by Gasteiger charge is -2.22. The molecular formula is C13H20N2. The fraction of sp³-hybridized carbons (Fsp3) is 0.615. The first-order valence-corrected chi connectivity index (χ1v) is 5.91. The van der Waals surface area contributed by atoms with Gasteiger partial charge in [0.15, 0.2) is 0 Å². The van der Waals surface area contributed by atoms with Gasteiger partial charge < -0.3 is 4.90 Å². The fourth-order valence-electron chi connectivity index (χ4n) is 2.18. The van der Waals surface area contributed by atoms with Crippen molar-refractivity contribution in [3.05, 3.63) is 23.9 Å². The first-order chi connectivity index (χ1) is 7.18. The number of hydrogen-bond donors (Lipinski definition) is 0. The third-order valence-electron chi connectivity index (χ3n) is 3.28. The van der Waals surface area contributed by atoms with Gasteiger partial charge in [-0.25, -0.2) is 4.98 Å². The van der Waals surface area contributed by atoms with E-state index in [2.05, 4.69) is 42.8 Å². The van der Waals surface area contributed by atoms with Crippen molar-refractivity contribution in [2.75, 3.05) is 11.4 Å². The van der Waals surface area contributed by atoms with Crippen LogP contribution in [0.3, 0.4) is 0 Å². The number of hydrogen-bond acceptors (Lipinski definition) is 2. The second kappa shape index (κ2) is 4.21. The van der Waals surface area contributed by atoms with Gasteiger partial charge in [0.1, 0.15) is 5.82 Å². The Balaban J connectivity index is 2.16. The molecule has 0 aromatic carbocycles. The van der Waals surface area contributed by atoms with Gasteiger partial charge in [0.05, 0.1) is 0 Å². The summed E-state index contributed by atoms with van der Waals surface area (Å²) in [6.45, 7) is 7.85. The molecule has 0 bridgehead atoms. The van der Waals surface area contributed by atoms with E-state index < -0.39 is 0 Å². The van der Waals surface area contributed by atoms with Crippen LogP contribution in [0.25, 0.3) is 0 Å². The van der Waals surface area contributed by atoms with Crippen LogP contribution < -0.4 is 4.90 Å². The number of nitrogens with zero attached hydrogens (tertiary/aromatic N) is 2. The van der Waals surface area contributed by atoms with Crippen molar-refractivity contribution in [3.8, 4) is 0 Å². The molecule has 2 nitrogen and oxygen atoms in total. The van der Waals surface area contributed by atoms with Crippen LogP contribution in [0, 0.1) is 0 Å². The summed E-state index contributed by atoms with van der Waals surface area (Å²) in [4.78, 5) is 6.97. The number of rotatable bonds is 2. The molecule has 0 spiro atoms. The average molecular weight is 204 g/mol. The second-order valence-electron chi connectivity index (χ2n) is 4.79. The quantitative estimate of drug-likeness (QED) is 0.735. The van der Waals surface area contributed by atoms with E-state index in [9.17, 15) is 0 Å². The topological polar surface area (TPSA) is 16.1 Å². The van der Waals surface area contributed by atoms with E-state index in [1.165, 1.54) is 18.4 Å². The first kappa shape index (κ1) is 10.5. The Morgan fingerprint density at radius 2 is 2.20 bits per heavy atom. The van der Waals surface area contributed by atoms with E-state index in [0.29, 0.717) is 12.0 Å². The Kier molecular flexibility index (Phi) is 2.94. The van der Waals surface area contributed by atoms with Crippen LogP contribution in [-0.2, 0) is 0 Å². The van der Waals surface area contributed by atoms with Gasteiger partial charge in [-0.2, -0.15) is 0 Å². The molecule has 1 aromatic heterocycles. The fourth-order valence-corrected chi connectivity index (χ4v) is 2.18. The van der Waals surface area contributed by atoms with Crippen molar-refractivity contribution in [2.24, 2.45) is 0 Å². The smallest absolute Gasteiger partial charge is 0.128 e. The van der Waals surface area contributed by atoms with Crippen LogP contribution in [-0.4, -0.2) is 17.6 Å². The third-order valence-corrected chi connectivity index (χ3v) is 3.28. The molecule has 0 N–H and O–H groups in total. The van der Waals surface area contributed by atoms with E-state index >= 15 is 0 Å². The normalized spacial score (nSPS) is 21.3. The van der Waals surface area contributed by atoms with Gasteiger partial charge in [-0.3, -0.25) is 0 Å². The Hall–Kier alpha value is -1.05. The molecule has 1 aliphatic heterocycles. The standard InChI is InChI=1S/C13H20N2/c1-10(2)12-6-7-13(14-9-12)15-8-4-5-11(15)3/h6-7,9-11H,4-5,8H2,1-3H3. The Labute approximate surface area is 92.3 Å². The predicted molar refractivity (Wildman–Crippen MR) is 64.4 cm³/mol. The highest BCUT2D eigenvalue weighted by atomic mass is 15.2. The zero-order chi connectivity index (χ0) is 10.8. The van der Waals surface area contributed by atoms with Gasteiger partial charge in [-0.15, -0.1) is 0 Å². The van der Waals surface area contributed by atoms with Crippen LogP contribution >= 0.6 is 0 Å². The minimum atomic E-state index is 0.572. The van der Waals surface area contributed by atoms with E-state index in [1.807, 2.05) is 6.20 Å². The van der Waals surface area contributed by atoms with Crippen molar-refractivity contribution < 1.29 is 0 Å². The first-order valence-electron chi connectivity index (χ1n) is 5.91. The molecule has 0 aliphatic carbocycles. The maximum atomic E-state index is 4.56. The van der Waals surface area contributed by atoms with E-state index in [1.54, 1.807) is 0 Å². The summed E-state index contributed by atoms with van der Waals surface area (Å²) in [6.07, 6.45) is 4.62. The molecule has 1 atom stereocenters. The molecule has 1 saturated heterocycles. The maximum absolute atomic E-state index is 4.56. The van der Waals surface area contributed by atoms with Crippen LogP contribution in [0.2, 0.25) is 0 Å². The largest absolute Gasteiger partial charge is 0.354 e. The second-order valence-corrected chi connectivity index (χ2v) is 4.79. The Morgan fingerprint density at radius 1 is 1.40 bits per heavy atom. The van der Waals surface area contributed by atoms with Gasteiger partial charge in [-0.1, -0.05) is 19.9 Å². The van der Waals surface area contributed by atoms with Crippen molar-refractivity contribution in [1.29, 1.82) is 0 Å². The van der Waals surface area contributed by atoms with E-state index in [-0.39, 0.29) is 0 Å². The summed E-state index contributed by atoms with van der Waals surface area (Å²) in [5, 5.41) is 0. The third kappa shape index (κ3) is 2.14. The molecule has 2 heteroatoms. The van der Waals surface area contributed by atoms with Gasteiger partial charge >= 0.3 is 0 Å². The van der Waals surface area contributed by atoms with Gasteiger partial charge in [0.2, 0.25) is 0 Å². The van der Waals surface area contributed by atoms with Crippen LogP contribution in [0.15, 0.2) is 18.3 Å². The summed E-state index contributed by atoms with van der Waals surface area (Å²) < 4.78 is 0. The maximum Gasteiger partial charge on any atom is 0.128 e. The number of pyridine rings is 1. The summed E-state index contributed by atoms with van der Waals surface area (Å²) in [5.41, 5.74) is 1.32. The molecule has 1 aliphatic rings. The SMILES string of the molecule is CC(C)c1ccc(N2CCCC2C)nc1. The molecule has 0 radical (unpaired) electrons. The minimum absolute atomic E-state index is 0.572. The number of aromatic nitrogens is 1. The monoisotopic (exact) mass is 204 g/mol. The molecule has 82 valence electrons. The minimum Gasteiger partial charge on any atom is -0.354 e. The summed E-state index contributed by atoms with van der Waals surface area (Å²) in [6, 6.07) is 5.03. The van der Waals surface area contributed by atoms with Crippen LogP contribution in [0.5, 0.6) is 0 Å². The van der Waals surface area contributed by atoms with Crippen molar-refractivity contribution >= 4 is 5.82 Å². The Bertz CT molecular complexity index is 316. The molecule has 2 heterocycles. The lowest BCUT2D eigenvalue weighted by Crippen LogP contribution is -2.27. The Morgan fingerprint density at radius 3 is 2.67 bits per heavy atom. The molecule has 2 rings (SSSR count). The van der Waals surface area contributed by atoms with Gasteiger partial charge in [-0.05, 0) is 37.3 Å². The van der Waals surface area contributed by atoms with Crippen molar-refractivity contribution in [1.82, 2.24) is 4.98 Å². The summed E-state index contributed by atoms with van der Waals surface area (Å²) in [7, 11) is 0. The highest BCUT2D eigenvalue weighted by molar-refractivity contribution is 5.41. The van der Waals surface area contributed by atoms with Crippen molar-refractivity contribution in [3.63, 3.8) is 0 Å². The zero-order valence-electron chi connectivity index (χ0n) is 9.90. The average Bonchev–Trinajstić information content (AvgIpc) is 2.65. The molecule has 1 aromatic rings. The number of anilines is 1. The van der Waals surface area contributed by atoms with E-state index in [4.69, 9.17) is 0 Å². The molecule has 0 amide bonds. The highest BCUT2D eigenvalue weighted by Gasteiger charge is 2.21. The predicted octanol–water partition coefficient (Wildman–Crippen LogP) is 3.19. The molecule has 0 saturated carbocycles. The molecule has 15 heavy (non-hydrogen) atoms. The summed E-state index contributed by atoms with van der Waals surface area (Å²) >= 11 is 0. The molecule has 1 fully saturated rings. The zero-order valence-corrected chi connectivity index (χ0v) is 9.90. The molecule has 1 unspecified atom stereocenters.